The Hall–Kier alpha value is -10.2. The molecule has 0 aliphatic carbocycles. The van der Waals surface area contributed by atoms with Gasteiger partial charge in [-0.05, 0) is 120 Å². The van der Waals surface area contributed by atoms with Crippen molar-refractivity contribution in [1.29, 1.82) is 0 Å². The largest absolute Gasteiger partial charge is 0.456 e. The van der Waals surface area contributed by atoms with Crippen LogP contribution in [0.3, 0.4) is 0 Å². The molecule has 0 aliphatic rings. The molecule has 7 heteroatoms. The number of benzene rings is 12. The van der Waals surface area contributed by atoms with Gasteiger partial charge in [0.15, 0.2) is 0 Å². The zero-order chi connectivity index (χ0) is 48.9. The van der Waals surface area contributed by atoms with E-state index in [0.717, 1.165) is 165 Å². The van der Waals surface area contributed by atoms with Gasteiger partial charge in [-0.25, -0.2) is 0 Å². The van der Waals surface area contributed by atoms with Crippen LogP contribution in [0.15, 0.2) is 253 Å². The van der Waals surface area contributed by atoms with E-state index in [1.54, 1.807) is 0 Å². The van der Waals surface area contributed by atoms with Crippen LogP contribution in [-0.4, -0.2) is 0 Å². The first-order chi connectivity index (χ1) is 37.1. The minimum absolute atomic E-state index is 0.779. The molecule has 75 heavy (non-hydrogen) atoms. The number of anilines is 6. The summed E-state index contributed by atoms with van der Waals surface area (Å²) < 4.78 is 33.7. The van der Waals surface area contributed by atoms with Gasteiger partial charge in [-0.3, -0.25) is 0 Å². The van der Waals surface area contributed by atoms with Crippen LogP contribution in [0.5, 0.6) is 0 Å². The molecule has 5 aromatic heterocycles. The van der Waals surface area contributed by atoms with Gasteiger partial charge in [0.25, 0.3) is 0 Å². The average Bonchev–Trinajstić information content (AvgIpc) is 4.29. The van der Waals surface area contributed by atoms with Crippen molar-refractivity contribution in [3.8, 4) is 0 Å². The van der Waals surface area contributed by atoms with Gasteiger partial charge in [0.05, 0.1) is 22.1 Å². The van der Waals surface area contributed by atoms with Gasteiger partial charge in [0, 0.05) is 88.7 Å². The molecule has 0 atom stereocenters. The van der Waals surface area contributed by atoms with Crippen molar-refractivity contribution in [2.45, 2.75) is 0 Å². The van der Waals surface area contributed by atoms with Crippen molar-refractivity contribution >= 4 is 165 Å². The summed E-state index contributed by atoms with van der Waals surface area (Å²) in [6.45, 7) is 0. The highest BCUT2D eigenvalue weighted by atomic mass is 16.3. The monoisotopic (exact) mass is 962 g/mol. The van der Waals surface area contributed by atoms with E-state index < -0.39 is 0 Å². The molecule has 17 rings (SSSR count). The van der Waals surface area contributed by atoms with Gasteiger partial charge in [0.2, 0.25) is 0 Å². The quantitative estimate of drug-likeness (QED) is 0.164. The highest BCUT2D eigenvalue weighted by Gasteiger charge is 2.25. The van der Waals surface area contributed by atoms with E-state index in [1.165, 1.54) is 0 Å². The third-order valence-corrected chi connectivity index (χ3v) is 15.4. The van der Waals surface area contributed by atoms with Crippen LogP contribution in [0.1, 0.15) is 0 Å². The first kappa shape index (κ1) is 40.4. The fourth-order valence-electron chi connectivity index (χ4n) is 12.0. The molecule has 5 heterocycles. The molecule has 17 aromatic rings. The van der Waals surface area contributed by atoms with Crippen molar-refractivity contribution in [2.24, 2.45) is 0 Å². The third-order valence-electron chi connectivity index (χ3n) is 15.4. The first-order valence-electron chi connectivity index (χ1n) is 25.2. The lowest BCUT2D eigenvalue weighted by atomic mass is 10.0. The molecule has 0 bridgehead atoms. The fraction of sp³-hybridized carbons (Fsp3) is 0. The van der Waals surface area contributed by atoms with Gasteiger partial charge in [-0.1, -0.05) is 109 Å². The smallest absolute Gasteiger partial charge is 0.143 e. The maximum absolute atomic E-state index is 6.82. The number of hydrogen-bond acceptors (Lipinski definition) is 7. The van der Waals surface area contributed by atoms with Crippen LogP contribution >= 0.6 is 0 Å². The van der Waals surface area contributed by atoms with Crippen molar-refractivity contribution in [3.05, 3.63) is 231 Å². The molecule has 0 unspecified atom stereocenters. The van der Waals surface area contributed by atoms with E-state index in [2.05, 4.69) is 228 Å². The van der Waals surface area contributed by atoms with E-state index >= 15 is 0 Å². The van der Waals surface area contributed by atoms with Gasteiger partial charge < -0.3 is 31.9 Å². The first-order valence-corrected chi connectivity index (χ1v) is 25.2. The zero-order valence-electron chi connectivity index (χ0n) is 39.9. The van der Waals surface area contributed by atoms with Gasteiger partial charge in [-0.2, -0.15) is 0 Å². The van der Waals surface area contributed by atoms with Crippen LogP contribution in [0.4, 0.5) is 34.1 Å². The molecule has 0 amide bonds. The minimum atomic E-state index is 0.779. The third kappa shape index (κ3) is 5.86. The Labute approximate surface area is 425 Å². The Balaban J connectivity index is 0.782. The Kier molecular flexibility index (Phi) is 8.15. The summed E-state index contributed by atoms with van der Waals surface area (Å²) in [6.07, 6.45) is 0. The van der Waals surface area contributed by atoms with Gasteiger partial charge in [-0.15, -0.1) is 0 Å². The molecule has 350 valence electrons. The van der Waals surface area contributed by atoms with Crippen molar-refractivity contribution in [3.63, 3.8) is 0 Å². The lowest BCUT2D eigenvalue weighted by molar-refractivity contribution is 0.662. The number of nitrogens with zero attached hydrogens (tertiary/aromatic N) is 2. The van der Waals surface area contributed by atoms with Gasteiger partial charge >= 0.3 is 0 Å². The summed E-state index contributed by atoms with van der Waals surface area (Å²) in [4.78, 5) is 4.59. The molecule has 0 aliphatic heterocycles. The number of furan rings is 5. The summed E-state index contributed by atoms with van der Waals surface area (Å²) in [7, 11) is 0. The maximum atomic E-state index is 6.82. The Morgan fingerprint density at radius 1 is 0.213 bits per heavy atom. The summed E-state index contributed by atoms with van der Waals surface area (Å²) in [5.41, 5.74) is 14.1. The normalized spacial score (nSPS) is 12.3. The lowest BCUT2D eigenvalue weighted by Crippen LogP contribution is -2.10. The summed E-state index contributed by atoms with van der Waals surface area (Å²) in [5, 5.41) is 14.6. The highest BCUT2D eigenvalue weighted by molar-refractivity contribution is 6.23. The highest BCUT2D eigenvalue weighted by Crippen LogP contribution is 2.49. The molecular formula is C68H38N2O5. The average molecular weight is 963 g/mol. The minimum Gasteiger partial charge on any atom is -0.456 e. The Morgan fingerprint density at radius 2 is 0.587 bits per heavy atom. The van der Waals surface area contributed by atoms with E-state index in [-0.39, 0.29) is 0 Å². The summed E-state index contributed by atoms with van der Waals surface area (Å²) in [6, 6.07) is 80.5. The Bertz CT molecular complexity index is 4890. The van der Waals surface area contributed by atoms with Crippen molar-refractivity contribution in [1.82, 2.24) is 0 Å². The molecule has 0 saturated carbocycles. The van der Waals surface area contributed by atoms with Crippen molar-refractivity contribution in [2.75, 3.05) is 9.80 Å². The molecular weight excluding hydrogens is 925 g/mol. The fourth-order valence-corrected chi connectivity index (χ4v) is 12.0. The number of hydrogen-bond donors (Lipinski definition) is 0. The standard InChI is InChI=1S/C68H38N2O5/c1-3-15-41(16-4-1)69(55-21-11-23-57-65(55)49-29-25-39-13-7-9-19-45(39)67(49)74-57)43-27-31-47-51-35-63-53(37-61(51)71-59(47)33-43)54-38-62-52(36-64(54)73-63)48-32-28-44(34-60(48)72-62)70(42-17-5-2-6-18-42)56-22-12-24-58-66(56)50-30-26-40-14-8-10-20-46(40)68(50)75-58/h1-38H. The molecule has 7 nitrogen and oxygen atoms in total. The molecule has 0 spiro atoms. The predicted molar refractivity (Wildman–Crippen MR) is 307 cm³/mol. The van der Waals surface area contributed by atoms with Crippen LogP contribution in [-0.2, 0) is 0 Å². The molecule has 0 saturated heterocycles. The van der Waals surface area contributed by atoms with Gasteiger partial charge in [0.1, 0.15) is 55.8 Å². The molecule has 0 N–H and O–H groups in total. The zero-order valence-corrected chi connectivity index (χ0v) is 39.9. The molecule has 0 fully saturated rings. The SMILES string of the molecule is c1ccc(N(c2ccc3c(c2)oc2cc4c(cc23)oc2cc3c(cc24)oc2cc(N(c4ccccc4)c4cccc5oc6c7ccccc7ccc6c45)ccc23)c2cccc3oc4c5ccccc5ccc4c23)cc1. The van der Waals surface area contributed by atoms with E-state index in [4.69, 9.17) is 22.1 Å². The second-order valence-electron chi connectivity index (χ2n) is 19.5. The van der Waals surface area contributed by atoms with Crippen LogP contribution in [0.2, 0.25) is 0 Å². The Morgan fingerprint density at radius 3 is 1.03 bits per heavy atom. The second-order valence-corrected chi connectivity index (χ2v) is 19.5. The molecule has 12 aromatic carbocycles. The predicted octanol–water partition coefficient (Wildman–Crippen LogP) is 20.4. The van der Waals surface area contributed by atoms with E-state index in [9.17, 15) is 0 Å². The molecule has 0 radical (unpaired) electrons. The van der Waals surface area contributed by atoms with Crippen LogP contribution < -0.4 is 9.80 Å². The summed E-state index contributed by atoms with van der Waals surface area (Å²) in [5.74, 6) is 0. The number of fused-ring (bicyclic) bond motifs is 19. The van der Waals surface area contributed by atoms with Crippen molar-refractivity contribution < 1.29 is 22.1 Å². The van der Waals surface area contributed by atoms with Crippen LogP contribution in [0, 0.1) is 0 Å². The van der Waals surface area contributed by atoms with E-state index in [1.807, 2.05) is 12.1 Å². The summed E-state index contributed by atoms with van der Waals surface area (Å²) >= 11 is 0. The number of para-hydroxylation sites is 2. The van der Waals surface area contributed by atoms with Crippen LogP contribution in [0.25, 0.3) is 131 Å². The van der Waals surface area contributed by atoms with E-state index in [0.29, 0.717) is 0 Å². The second kappa shape index (κ2) is 15.1. The lowest BCUT2D eigenvalue weighted by Gasteiger charge is -2.26. The maximum Gasteiger partial charge on any atom is 0.143 e. The number of rotatable bonds is 6. The topological polar surface area (TPSA) is 72.2 Å².